The molecule has 14 heavy (non-hydrogen) atoms. The summed E-state index contributed by atoms with van der Waals surface area (Å²) in [4.78, 5) is 2.69. The second-order valence-electron chi connectivity index (χ2n) is 4.81. The average molecular weight is 214 g/mol. The summed E-state index contributed by atoms with van der Waals surface area (Å²) >= 11 is 2.11. The molecule has 1 N–H and O–H groups in total. The fraction of sp³-hybridized carbons (Fsp3) is 1.00. The van der Waals surface area contributed by atoms with Crippen molar-refractivity contribution < 1.29 is 0 Å². The highest BCUT2D eigenvalue weighted by molar-refractivity contribution is 7.99. The van der Waals surface area contributed by atoms with E-state index in [2.05, 4.69) is 35.8 Å². The molecule has 2 saturated heterocycles. The zero-order valence-corrected chi connectivity index (χ0v) is 10.1. The second-order valence-corrected chi connectivity index (χ2v) is 5.96. The van der Waals surface area contributed by atoms with Crippen molar-refractivity contribution in [2.24, 2.45) is 11.8 Å². The largest absolute Gasteiger partial charge is 0.316 e. The summed E-state index contributed by atoms with van der Waals surface area (Å²) in [6, 6.07) is 0.793. The summed E-state index contributed by atoms with van der Waals surface area (Å²) in [6.07, 6.45) is 0. The first kappa shape index (κ1) is 10.8. The van der Waals surface area contributed by atoms with E-state index in [4.69, 9.17) is 0 Å². The molecular formula is C11H22N2S. The number of nitrogens with zero attached hydrogens (tertiary/aromatic N) is 1. The van der Waals surface area contributed by atoms with E-state index in [0.29, 0.717) is 0 Å². The minimum absolute atomic E-state index is 0.793. The summed E-state index contributed by atoms with van der Waals surface area (Å²) in [5.74, 6) is 4.42. The van der Waals surface area contributed by atoms with Gasteiger partial charge in [0.05, 0.1) is 0 Å². The highest BCUT2D eigenvalue weighted by atomic mass is 32.2. The lowest BCUT2D eigenvalue weighted by Crippen LogP contribution is -2.44. The van der Waals surface area contributed by atoms with Crippen molar-refractivity contribution in [3.8, 4) is 0 Å². The number of hydrogen-bond donors (Lipinski definition) is 1. The van der Waals surface area contributed by atoms with Crippen LogP contribution in [0.4, 0.5) is 0 Å². The summed E-state index contributed by atoms with van der Waals surface area (Å²) in [7, 11) is 0. The maximum absolute atomic E-state index is 3.49. The van der Waals surface area contributed by atoms with Gasteiger partial charge in [-0.25, -0.2) is 0 Å². The Labute approximate surface area is 91.8 Å². The zero-order valence-electron chi connectivity index (χ0n) is 9.33. The van der Waals surface area contributed by atoms with Gasteiger partial charge in [-0.15, -0.1) is 0 Å². The minimum atomic E-state index is 0.793. The Morgan fingerprint density at radius 3 is 2.86 bits per heavy atom. The lowest BCUT2D eigenvalue weighted by Gasteiger charge is -2.35. The van der Waals surface area contributed by atoms with Crippen LogP contribution in [0.3, 0.4) is 0 Å². The second kappa shape index (κ2) is 4.86. The third-order valence-electron chi connectivity index (χ3n) is 3.65. The molecule has 2 rings (SSSR count). The van der Waals surface area contributed by atoms with Gasteiger partial charge in [0.2, 0.25) is 0 Å². The van der Waals surface area contributed by atoms with Crippen molar-refractivity contribution in [2.45, 2.75) is 19.9 Å². The van der Waals surface area contributed by atoms with Gasteiger partial charge in [0.25, 0.3) is 0 Å². The molecule has 3 unspecified atom stereocenters. The molecule has 2 aliphatic heterocycles. The molecule has 0 spiro atoms. The molecule has 2 nitrogen and oxygen atoms in total. The van der Waals surface area contributed by atoms with Crippen molar-refractivity contribution in [1.29, 1.82) is 0 Å². The minimum Gasteiger partial charge on any atom is -0.316 e. The molecule has 0 saturated carbocycles. The van der Waals surface area contributed by atoms with Crippen LogP contribution < -0.4 is 5.32 Å². The summed E-state index contributed by atoms with van der Waals surface area (Å²) in [5, 5.41) is 3.49. The van der Waals surface area contributed by atoms with Crippen LogP contribution in [-0.2, 0) is 0 Å². The lowest BCUT2D eigenvalue weighted by atomic mass is 9.97. The molecule has 0 aromatic rings. The number of thioether (sulfide) groups is 1. The lowest BCUT2D eigenvalue weighted by molar-refractivity contribution is 0.186. The van der Waals surface area contributed by atoms with Gasteiger partial charge in [0, 0.05) is 30.6 Å². The maximum Gasteiger partial charge on any atom is 0.0158 e. The van der Waals surface area contributed by atoms with E-state index in [1.807, 2.05) is 0 Å². The molecule has 0 aliphatic carbocycles. The molecular weight excluding hydrogens is 192 g/mol. The smallest absolute Gasteiger partial charge is 0.0158 e. The normalized spacial score (nSPS) is 40.3. The topological polar surface area (TPSA) is 15.3 Å². The Balaban J connectivity index is 1.83. The summed E-state index contributed by atoms with van der Waals surface area (Å²) in [5.41, 5.74) is 0. The van der Waals surface area contributed by atoms with Crippen molar-refractivity contribution in [1.82, 2.24) is 10.2 Å². The fourth-order valence-electron chi connectivity index (χ4n) is 2.44. The van der Waals surface area contributed by atoms with E-state index in [1.165, 1.54) is 37.7 Å². The van der Waals surface area contributed by atoms with Crippen LogP contribution in [0.2, 0.25) is 0 Å². The van der Waals surface area contributed by atoms with Crippen LogP contribution in [0.25, 0.3) is 0 Å². The first-order valence-corrected chi connectivity index (χ1v) is 6.95. The molecule has 0 radical (unpaired) electrons. The molecule has 2 fully saturated rings. The Bertz CT molecular complexity index is 186. The van der Waals surface area contributed by atoms with E-state index < -0.39 is 0 Å². The Morgan fingerprint density at radius 1 is 1.36 bits per heavy atom. The molecule has 0 amide bonds. The van der Waals surface area contributed by atoms with Crippen LogP contribution in [0.5, 0.6) is 0 Å². The van der Waals surface area contributed by atoms with Crippen LogP contribution in [0.15, 0.2) is 0 Å². The molecule has 3 atom stereocenters. The van der Waals surface area contributed by atoms with Crippen molar-refractivity contribution in [3.63, 3.8) is 0 Å². The summed E-state index contributed by atoms with van der Waals surface area (Å²) in [6.45, 7) is 9.83. The van der Waals surface area contributed by atoms with Crippen molar-refractivity contribution >= 4 is 11.8 Å². The number of nitrogens with one attached hydrogen (secondary N) is 1. The van der Waals surface area contributed by atoms with Gasteiger partial charge in [-0.2, -0.15) is 11.8 Å². The molecule has 0 aromatic heterocycles. The SMILES string of the molecule is CC1CNCC1CN1CCSCC1C. The maximum atomic E-state index is 3.49. The van der Waals surface area contributed by atoms with Crippen LogP contribution >= 0.6 is 11.8 Å². The Morgan fingerprint density at radius 2 is 2.21 bits per heavy atom. The van der Waals surface area contributed by atoms with Gasteiger partial charge < -0.3 is 5.32 Å². The van der Waals surface area contributed by atoms with Gasteiger partial charge >= 0.3 is 0 Å². The predicted octanol–water partition coefficient (Wildman–Crippen LogP) is 1.28. The fourth-order valence-corrected chi connectivity index (χ4v) is 3.52. The van der Waals surface area contributed by atoms with Gasteiger partial charge in [-0.1, -0.05) is 6.92 Å². The summed E-state index contributed by atoms with van der Waals surface area (Å²) < 4.78 is 0. The van der Waals surface area contributed by atoms with Crippen LogP contribution in [0.1, 0.15) is 13.8 Å². The van der Waals surface area contributed by atoms with E-state index in [9.17, 15) is 0 Å². The molecule has 2 heterocycles. The van der Waals surface area contributed by atoms with Crippen molar-refractivity contribution in [2.75, 3.05) is 37.7 Å². The van der Waals surface area contributed by atoms with E-state index in [0.717, 1.165) is 17.9 Å². The van der Waals surface area contributed by atoms with Crippen LogP contribution in [-0.4, -0.2) is 48.6 Å². The van der Waals surface area contributed by atoms with Crippen molar-refractivity contribution in [3.05, 3.63) is 0 Å². The average Bonchev–Trinajstić information content (AvgIpc) is 2.56. The van der Waals surface area contributed by atoms with E-state index in [1.54, 1.807) is 0 Å². The molecule has 0 bridgehead atoms. The molecule has 2 aliphatic rings. The van der Waals surface area contributed by atoms with Crippen LogP contribution in [0, 0.1) is 11.8 Å². The third-order valence-corrected chi connectivity index (χ3v) is 4.84. The molecule has 82 valence electrons. The number of rotatable bonds is 2. The predicted molar refractivity (Wildman–Crippen MR) is 63.9 cm³/mol. The van der Waals surface area contributed by atoms with Gasteiger partial charge in [-0.05, 0) is 31.8 Å². The van der Waals surface area contributed by atoms with Gasteiger partial charge in [-0.3, -0.25) is 4.90 Å². The van der Waals surface area contributed by atoms with Gasteiger partial charge in [0.1, 0.15) is 0 Å². The van der Waals surface area contributed by atoms with E-state index >= 15 is 0 Å². The van der Waals surface area contributed by atoms with E-state index in [-0.39, 0.29) is 0 Å². The first-order valence-electron chi connectivity index (χ1n) is 5.80. The quantitative estimate of drug-likeness (QED) is 0.745. The number of hydrogen-bond acceptors (Lipinski definition) is 3. The first-order chi connectivity index (χ1) is 6.77. The zero-order chi connectivity index (χ0) is 9.97. The molecule has 0 aromatic carbocycles. The Hall–Kier alpha value is 0.270. The highest BCUT2D eigenvalue weighted by Crippen LogP contribution is 2.22. The monoisotopic (exact) mass is 214 g/mol. The third kappa shape index (κ3) is 2.44. The standard InChI is InChI=1S/C11H22N2S/c1-9-5-12-6-11(9)7-13-3-4-14-8-10(13)2/h9-12H,3-8H2,1-2H3. The Kier molecular flexibility index (Phi) is 3.74. The van der Waals surface area contributed by atoms with Gasteiger partial charge in [0.15, 0.2) is 0 Å². The molecule has 3 heteroatoms. The highest BCUT2D eigenvalue weighted by Gasteiger charge is 2.27.